The molecule has 0 N–H and O–H groups in total. The molecule has 0 spiro atoms. The Kier molecular flexibility index (Phi) is 32.4. The van der Waals surface area contributed by atoms with E-state index in [0.29, 0.717) is 25.4 Å². The standard InChI is InChI=1S/C39H77NO4/c1-6-9-12-15-17-18-19-22-25-34-43-39(42)35-36(28-23-21-16-13-10-7-2)29-26-31-37(30-24-20-14-11-8-3)44-38(41)32-27-33-40(4)5/h36-37H,6-35H2,1-5H3. The Balaban J connectivity index is 4.68. The molecule has 0 aliphatic rings. The SMILES string of the molecule is CCCCCCCCCCCOC(=O)CC(CCCCCCCC)CCCC(CCCCCCC)OC(=O)CCCN(C)C. The Labute approximate surface area is 275 Å². The van der Waals surface area contributed by atoms with Gasteiger partial charge in [-0.2, -0.15) is 0 Å². The Hall–Kier alpha value is -1.10. The summed E-state index contributed by atoms with van der Waals surface area (Å²) in [4.78, 5) is 27.5. The van der Waals surface area contributed by atoms with Crippen LogP contribution in [0.1, 0.15) is 201 Å². The summed E-state index contributed by atoms with van der Waals surface area (Å²) in [6.45, 7) is 8.25. The monoisotopic (exact) mass is 624 g/mol. The zero-order chi connectivity index (χ0) is 32.5. The Morgan fingerprint density at radius 3 is 1.52 bits per heavy atom. The minimum absolute atomic E-state index is 0.0109. The summed E-state index contributed by atoms with van der Waals surface area (Å²) in [5.41, 5.74) is 0. The van der Waals surface area contributed by atoms with Gasteiger partial charge in [0.2, 0.25) is 0 Å². The van der Waals surface area contributed by atoms with Gasteiger partial charge in [0.05, 0.1) is 6.61 Å². The summed E-state index contributed by atoms with van der Waals surface area (Å²) in [6.07, 6.45) is 32.2. The third kappa shape index (κ3) is 30.9. The molecule has 0 saturated carbocycles. The number of nitrogens with zero attached hydrogens (tertiary/aromatic N) is 1. The van der Waals surface area contributed by atoms with Crippen molar-refractivity contribution in [3.05, 3.63) is 0 Å². The number of carbonyl (C=O) groups is 2. The maximum Gasteiger partial charge on any atom is 0.306 e. The normalized spacial score (nSPS) is 12.9. The van der Waals surface area contributed by atoms with Gasteiger partial charge in [-0.1, -0.05) is 136 Å². The van der Waals surface area contributed by atoms with E-state index in [1.807, 2.05) is 14.1 Å². The molecule has 0 aromatic heterocycles. The van der Waals surface area contributed by atoms with Crippen molar-refractivity contribution in [2.75, 3.05) is 27.2 Å². The Morgan fingerprint density at radius 1 is 0.523 bits per heavy atom. The predicted octanol–water partition coefficient (Wildman–Crippen LogP) is 11.6. The van der Waals surface area contributed by atoms with E-state index in [9.17, 15) is 9.59 Å². The number of hydrogen-bond donors (Lipinski definition) is 0. The average molecular weight is 624 g/mol. The molecule has 2 atom stereocenters. The maximum atomic E-state index is 12.8. The second-order valence-electron chi connectivity index (χ2n) is 13.8. The van der Waals surface area contributed by atoms with Gasteiger partial charge in [-0.3, -0.25) is 9.59 Å². The van der Waals surface area contributed by atoms with Crippen LogP contribution in [-0.4, -0.2) is 50.2 Å². The van der Waals surface area contributed by atoms with Gasteiger partial charge in [0.1, 0.15) is 6.10 Å². The quantitative estimate of drug-likeness (QED) is 0.0527. The molecule has 0 heterocycles. The molecule has 0 radical (unpaired) electrons. The van der Waals surface area contributed by atoms with E-state index >= 15 is 0 Å². The summed E-state index contributed by atoms with van der Waals surface area (Å²) >= 11 is 0. The van der Waals surface area contributed by atoms with Gasteiger partial charge in [0.25, 0.3) is 0 Å². The summed E-state index contributed by atoms with van der Waals surface area (Å²) in [6, 6.07) is 0. The third-order valence-corrected chi connectivity index (χ3v) is 8.98. The topological polar surface area (TPSA) is 55.8 Å². The van der Waals surface area contributed by atoms with E-state index in [0.717, 1.165) is 64.3 Å². The molecule has 2 unspecified atom stereocenters. The minimum Gasteiger partial charge on any atom is -0.466 e. The highest BCUT2D eigenvalue weighted by atomic mass is 16.5. The summed E-state index contributed by atoms with van der Waals surface area (Å²) in [5.74, 6) is 0.312. The van der Waals surface area contributed by atoms with Crippen molar-refractivity contribution in [3.63, 3.8) is 0 Å². The van der Waals surface area contributed by atoms with E-state index in [4.69, 9.17) is 9.47 Å². The lowest BCUT2D eigenvalue weighted by Gasteiger charge is -2.21. The van der Waals surface area contributed by atoms with Crippen LogP contribution in [-0.2, 0) is 19.1 Å². The lowest BCUT2D eigenvalue weighted by atomic mass is 9.91. The van der Waals surface area contributed by atoms with E-state index in [1.54, 1.807) is 0 Å². The van der Waals surface area contributed by atoms with Crippen molar-refractivity contribution >= 4 is 11.9 Å². The highest BCUT2D eigenvalue weighted by molar-refractivity contribution is 5.70. The van der Waals surface area contributed by atoms with Crippen LogP contribution in [0.15, 0.2) is 0 Å². The highest BCUT2D eigenvalue weighted by Gasteiger charge is 2.18. The van der Waals surface area contributed by atoms with E-state index < -0.39 is 0 Å². The van der Waals surface area contributed by atoms with Crippen molar-refractivity contribution < 1.29 is 19.1 Å². The van der Waals surface area contributed by atoms with E-state index in [2.05, 4.69) is 25.7 Å². The zero-order valence-corrected chi connectivity index (χ0v) is 30.4. The first-order valence-electron chi connectivity index (χ1n) is 19.4. The lowest BCUT2D eigenvalue weighted by Crippen LogP contribution is -2.21. The number of rotatable bonds is 34. The molecule has 0 aromatic carbocycles. The fourth-order valence-corrected chi connectivity index (χ4v) is 6.11. The molecule has 0 fully saturated rings. The maximum absolute atomic E-state index is 12.8. The second kappa shape index (κ2) is 33.3. The number of unbranched alkanes of at least 4 members (excludes halogenated alkanes) is 17. The molecule has 0 saturated heterocycles. The molecule has 0 aromatic rings. The van der Waals surface area contributed by atoms with Crippen molar-refractivity contribution in [1.82, 2.24) is 4.90 Å². The fraction of sp³-hybridized carbons (Fsp3) is 0.949. The van der Waals surface area contributed by atoms with Crippen LogP contribution in [0.3, 0.4) is 0 Å². The molecule has 0 aliphatic carbocycles. The van der Waals surface area contributed by atoms with Crippen LogP contribution in [0, 0.1) is 5.92 Å². The van der Waals surface area contributed by atoms with Gasteiger partial charge < -0.3 is 14.4 Å². The van der Waals surface area contributed by atoms with Crippen molar-refractivity contribution in [2.24, 2.45) is 5.92 Å². The number of carbonyl (C=O) groups excluding carboxylic acids is 2. The van der Waals surface area contributed by atoms with Gasteiger partial charge >= 0.3 is 11.9 Å². The molecule has 0 aliphatic heterocycles. The first-order chi connectivity index (χ1) is 21.4. The van der Waals surface area contributed by atoms with Crippen molar-refractivity contribution in [3.8, 4) is 0 Å². The molecule has 5 nitrogen and oxygen atoms in total. The van der Waals surface area contributed by atoms with Gasteiger partial charge in [-0.25, -0.2) is 0 Å². The van der Waals surface area contributed by atoms with Gasteiger partial charge in [0, 0.05) is 12.8 Å². The summed E-state index contributed by atoms with van der Waals surface area (Å²) in [5, 5.41) is 0. The van der Waals surface area contributed by atoms with E-state index in [1.165, 1.54) is 109 Å². The van der Waals surface area contributed by atoms with Crippen molar-refractivity contribution in [1.29, 1.82) is 0 Å². The minimum atomic E-state index is -0.0471. The van der Waals surface area contributed by atoms with E-state index in [-0.39, 0.29) is 18.0 Å². The summed E-state index contributed by atoms with van der Waals surface area (Å²) in [7, 11) is 4.08. The van der Waals surface area contributed by atoms with Gasteiger partial charge in [-0.05, 0) is 77.9 Å². The Bertz CT molecular complexity index is 623. The lowest BCUT2D eigenvalue weighted by molar-refractivity contribution is -0.150. The first kappa shape index (κ1) is 42.9. The smallest absolute Gasteiger partial charge is 0.306 e. The molecular formula is C39H77NO4. The number of esters is 2. The molecule has 0 rings (SSSR count). The van der Waals surface area contributed by atoms with Crippen molar-refractivity contribution in [2.45, 2.75) is 207 Å². The van der Waals surface area contributed by atoms with Crippen LogP contribution in [0.25, 0.3) is 0 Å². The zero-order valence-electron chi connectivity index (χ0n) is 30.4. The van der Waals surface area contributed by atoms with Gasteiger partial charge in [-0.15, -0.1) is 0 Å². The average Bonchev–Trinajstić information content (AvgIpc) is 2.99. The van der Waals surface area contributed by atoms with Crippen LogP contribution < -0.4 is 0 Å². The summed E-state index contributed by atoms with van der Waals surface area (Å²) < 4.78 is 11.7. The second-order valence-corrected chi connectivity index (χ2v) is 13.8. The Morgan fingerprint density at radius 2 is 0.977 bits per heavy atom. The first-order valence-corrected chi connectivity index (χ1v) is 19.4. The third-order valence-electron chi connectivity index (χ3n) is 8.98. The molecule has 262 valence electrons. The molecule has 44 heavy (non-hydrogen) atoms. The molecular weight excluding hydrogens is 546 g/mol. The molecule has 5 heteroatoms. The highest BCUT2D eigenvalue weighted by Crippen LogP contribution is 2.24. The molecule has 0 bridgehead atoms. The van der Waals surface area contributed by atoms with Crippen LogP contribution in [0.5, 0.6) is 0 Å². The number of ether oxygens (including phenoxy) is 2. The van der Waals surface area contributed by atoms with Crippen LogP contribution >= 0.6 is 0 Å². The molecule has 0 amide bonds. The largest absolute Gasteiger partial charge is 0.466 e. The predicted molar refractivity (Wildman–Crippen MR) is 189 cm³/mol. The van der Waals surface area contributed by atoms with Crippen LogP contribution in [0.4, 0.5) is 0 Å². The number of hydrogen-bond acceptors (Lipinski definition) is 5. The van der Waals surface area contributed by atoms with Crippen LogP contribution in [0.2, 0.25) is 0 Å². The fourth-order valence-electron chi connectivity index (χ4n) is 6.11. The van der Waals surface area contributed by atoms with Gasteiger partial charge in [0.15, 0.2) is 0 Å².